The van der Waals surface area contributed by atoms with Gasteiger partial charge in [-0.25, -0.2) is 9.61 Å². The highest BCUT2D eigenvalue weighted by atomic mass is 16.6. The number of anilines is 1. The average molecular weight is 387 g/mol. The van der Waals surface area contributed by atoms with Gasteiger partial charge < -0.3 is 25.9 Å². The van der Waals surface area contributed by atoms with E-state index < -0.39 is 5.60 Å². The zero-order chi connectivity index (χ0) is 20.1. The van der Waals surface area contributed by atoms with Gasteiger partial charge >= 0.3 is 0 Å². The molecule has 0 spiro atoms. The van der Waals surface area contributed by atoms with Crippen LogP contribution >= 0.6 is 0 Å². The van der Waals surface area contributed by atoms with Crippen LogP contribution in [0.5, 0.6) is 5.75 Å². The molecule has 10 nitrogen and oxygen atoms in total. The maximum atomic E-state index is 10.6. The lowest BCUT2D eigenvalue weighted by Gasteiger charge is -2.19. The first kappa shape index (κ1) is 18.6. The molecule has 1 fully saturated rings. The number of hydrogen-bond acceptors (Lipinski definition) is 9. The van der Waals surface area contributed by atoms with Gasteiger partial charge in [-0.15, -0.1) is 0 Å². The number of imidazole rings is 1. The summed E-state index contributed by atoms with van der Waals surface area (Å²) >= 11 is 0. The number of aliphatic hydroxyl groups is 1. The van der Waals surface area contributed by atoms with Gasteiger partial charge in [0, 0.05) is 18.5 Å². The van der Waals surface area contributed by atoms with Gasteiger partial charge in [0.05, 0.1) is 18.5 Å². The Hall–Kier alpha value is -2.72. The standard InChI is InChI=1S/C18H25N7O3/c1-4-25-13-10(27-9-18(8-19)5-6-18)7-21-14(17(2,3)26)11(13)22-16(25)12-15(20)24-28-23-12/h7,26H,4-6,8-9,19H2,1-3H3,(H2,20,24). The lowest BCUT2D eigenvalue weighted by atomic mass is 10.0. The minimum atomic E-state index is -1.19. The van der Waals surface area contributed by atoms with Crippen LogP contribution in [0.4, 0.5) is 5.82 Å². The van der Waals surface area contributed by atoms with Gasteiger partial charge in [-0.05, 0) is 43.9 Å². The SMILES string of the molecule is CCn1c(-c2nonc2N)nc2c(C(C)(C)O)ncc(OCC3(CN)CC3)c21. The molecule has 0 amide bonds. The summed E-state index contributed by atoms with van der Waals surface area (Å²) in [7, 11) is 0. The van der Waals surface area contributed by atoms with Crippen LogP contribution in [0, 0.1) is 5.41 Å². The molecular formula is C18H25N7O3. The maximum absolute atomic E-state index is 10.6. The van der Waals surface area contributed by atoms with Gasteiger partial charge in [0.25, 0.3) is 0 Å². The van der Waals surface area contributed by atoms with E-state index in [1.54, 1.807) is 20.0 Å². The number of ether oxygens (including phenoxy) is 1. The van der Waals surface area contributed by atoms with Crippen molar-refractivity contribution >= 4 is 16.9 Å². The molecule has 0 unspecified atom stereocenters. The Bertz CT molecular complexity index is 1010. The quantitative estimate of drug-likeness (QED) is 0.546. The molecule has 0 bridgehead atoms. The summed E-state index contributed by atoms with van der Waals surface area (Å²) in [5.41, 5.74) is 12.7. The molecule has 4 rings (SSSR count). The molecule has 1 aliphatic rings. The third-order valence-corrected chi connectivity index (χ3v) is 5.28. The number of rotatable bonds is 7. The van der Waals surface area contributed by atoms with Crippen molar-refractivity contribution < 1.29 is 14.5 Å². The van der Waals surface area contributed by atoms with E-state index in [4.69, 9.17) is 20.8 Å². The van der Waals surface area contributed by atoms with Crippen LogP contribution in [0.15, 0.2) is 10.8 Å². The first-order valence-corrected chi connectivity index (χ1v) is 9.33. The molecule has 0 aromatic carbocycles. The fourth-order valence-electron chi connectivity index (χ4n) is 3.32. The number of fused-ring (bicyclic) bond motifs is 1. The first-order chi connectivity index (χ1) is 13.3. The summed E-state index contributed by atoms with van der Waals surface area (Å²) in [5.74, 6) is 1.21. The van der Waals surface area contributed by atoms with Crippen molar-refractivity contribution in [3.8, 4) is 17.3 Å². The first-order valence-electron chi connectivity index (χ1n) is 9.33. The number of pyridine rings is 1. The summed E-state index contributed by atoms with van der Waals surface area (Å²) in [4.78, 5) is 9.13. The van der Waals surface area contributed by atoms with Crippen LogP contribution in [0.2, 0.25) is 0 Å². The molecule has 3 heterocycles. The normalized spacial score (nSPS) is 15.9. The minimum absolute atomic E-state index is 0.0433. The molecule has 1 saturated carbocycles. The van der Waals surface area contributed by atoms with Crippen LogP contribution < -0.4 is 16.2 Å². The number of hydrogen-bond donors (Lipinski definition) is 3. The average Bonchev–Trinajstić information content (AvgIpc) is 3.15. The lowest BCUT2D eigenvalue weighted by Crippen LogP contribution is -2.23. The maximum Gasteiger partial charge on any atom is 0.199 e. The Labute approximate surface area is 161 Å². The Kier molecular flexibility index (Phi) is 4.27. The summed E-state index contributed by atoms with van der Waals surface area (Å²) in [6, 6.07) is 0. The molecular weight excluding hydrogens is 362 g/mol. The van der Waals surface area contributed by atoms with E-state index in [2.05, 4.69) is 20.3 Å². The Morgan fingerprint density at radius 2 is 2.11 bits per heavy atom. The summed E-state index contributed by atoms with van der Waals surface area (Å²) < 4.78 is 12.8. The molecule has 150 valence electrons. The van der Waals surface area contributed by atoms with Crippen molar-refractivity contribution in [2.24, 2.45) is 11.1 Å². The predicted molar refractivity (Wildman–Crippen MR) is 102 cm³/mol. The summed E-state index contributed by atoms with van der Waals surface area (Å²) in [6.07, 6.45) is 3.74. The van der Waals surface area contributed by atoms with Crippen molar-refractivity contribution in [3.63, 3.8) is 0 Å². The van der Waals surface area contributed by atoms with Crippen LogP contribution in [-0.2, 0) is 12.1 Å². The third kappa shape index (κ3) is 2.98. The second-order valence-electron chi connectivity index (χ2n) is 7.90. The second-order valence-corrected chi connectivity index (χ2v) is 7.90. The smallest absolute Gasteiger partial charge is 0.199 e. The largest absolute Gasteiger partial charge is 0.489 e. The van der Waals surface area contributed by atoms with Gasteiger partial charge in [-0.2, -0.15) is 0 Å². The van der Waals surface area contributed by atoms with Gasteiger partial charge in [-0.1, -0.05) is 0 Å². The Morgan fingerprint density at radius 3 is 2.64 bits per heavy atom. The van der Waals surface area contributed by atoms with Crippen LogP contribution in [-0.4, -0.2) is 43.1 Å². The van der Waals surface area contributed by atoms with Gasteiger partial charge in [0.15, 0.2) is 23.1 Å². The van der Waals surface area contributed by atoms with E-state index in [9.17, 15) is 5.11 Å². The van der Waals surface area contributed by atoms with Crippen LogP contribution in [0.25, 0.3) is 22.6 Å². The lowest BCUT2D eigenvalue weighted by molar-refractivity contribution is 0.0753. The van der Waals surface area contributed by atoms with E-state index in [1.165, 1.54) is 0 Å². The third-order valence-electron chi connectivity index (χ3n) is 5.28. The summed E-state index contributed by atoms with van der Waals surface area (Å²) in [5, 5.41) is 18.1. The topological polar surface area (TPSA) is 151 Å². The van der Waals surface area contributed by atoms with Gasteiger partial charge in [0.1, 0.15) is 16.6 Å². The molecule has 0 radical (unpaired) electrons. The highest BCUT2D eigenvalue weighted by molar-refractivity contribution is 5.88. The van der Waals surface area contributed by atoms with Gasteiger partial charge in [-0.3, -0.25) is 4.98 Å². The molecule has 0 atom stereocenters. The number of nitrogen functional groups attached to an aromatic ring is 1. The second kappa shape index (κ2) is 6.42. The highest BCUT2D eigenvalue weighted by Gasteiger charge is 2.42. The number of aryl methyl sites for hydroxylation is 1. The molecule has 0 aliphatic heterocycles. The molecule has 3 aromatic heterocycles. The molecule has 3 aromatic rings. The fraction of sp³-hybridized carbons (Fsp3) is 0.556. The predicted octanol–water partition coefficient (Wildman–Crippen LogP) is 1.43. The summed E-state index contributed by atoms with van der Waals surface area (Å²) in [6.45, 7) is 6.99. The van der Waals surface area contributed by atoms with E-state index in [0.29, 0.717) is 48.2 Å². The Balaban J connectivity index is 1.91. The molecule has 1 aliphatic carbocycles. The minimum Gasteiger partial charge on any atom is -0.489 e. The van der Waals surface area contributed by atoms with Crippen molar-refractivity contribution in [1.82, 2.24) is 24.8 Å². The monoisotopic (exact) mass is 387 g/mol. The molecule has 5 N–H and O–H groups in total. The van der Waals surface area contributed by atoms with E-state index in [1.807, 2.05) is 11.5 Å². The zero-order valence-electron chi connectivity index (χ0n) is 16.3. The van der Waals surface area contributed by atoms with Crippen molar-refractivity contribution in [3.05, 3.63) is 11.9 Å². The van der Waals surface area contributed by atoms with E-state index >= 15 is 0 Å². The number of nitrogens with zero attached hydrogens (tertiary/aromatic N) is 5. The van der Waals surface area contributed by atoms with Crippen LogP contribution in [0.3, 0.4) is 0 Å². The Morgan fingerprint density at radius 1 is 1.36 bits per heavy atom. The molecule has 0 saturated heterocycles. The number of nitrogens with two attached hydrogens (primary N) is 2. The molecule has 10 heteroatoms. The fourth-order valence-corrected chi connectivity index (χ4v) is 3.32. The van der Waals surface area contributed by atoms with Crippen molar-refractivity contribution in [1.29, 1.82) is 0 Å². The van der Waals surface area contributed by atoms with E-state index in [0.717, 1.165) is 18.4 Å². The van der Waals surface area contributed by atoms with Gasteiger partial charge in [0.2, 0.25) is 0 Å². The zero-order valence-corrected chi connectivity index (χ0v) is 16.3. The molecule has 28 heavy (non-hydrogen) atoms. The number of aromatic nitrogens is 5. The van der Waals surface area contributed by atoms with Crippen molar-refractivity contribution in [2.45, 2.75) is 45.8 Å². The van der Waals surface area contributed by atoms with Crippen LogP contribution in [0.1, 0.15) is 39.3 Å². The van der Waals surface area contributed by atoms with Crippen molar-refractivity contribution in [2.75, 3.05) is 18.9 Å². The highest BCUT2D eigenvalue weighted by Crippen LogP contribution is 2.45. The van der Waals surface area contributed by atoms with E-state index in [-0.39, 0.29) is 11.2 Å².